The van der Waals surface area contributed by atoms with E-state index in [9.17, 15) is 9.18 Å². The van der Waals surface area contributed by atoms with Gasteiger partial charge in [-0.25, -0.2) is 4.39 Å². The Kier molecular flexibility index (Phi) is 5.76. The summed E-state index contributed by atoms with van der Waals surface area (Å²) in [4.78, 5) is 14.4. The topological polar surface area (TPSA) is 38.8 Å². The smallest absolute Gasteiger partial charge is 0.227 e. The maximum Gasteiger partial charge on any atom is 0.227 e. The van der Waals surface area contributed by atoms with Crippen molar-refractivity contribution in [1.82, 2.24) is 4.90 Å². The van der Waals surface area contributed by atoms with Crippen LogP contribution in [0.15, 0.2) is 36.4 Å². The normalized spacial score (nSPS) is 13.3. The van der Waals surface area contributed by atoms with Crippen LogP contribution in [0, 0.1) is 5.82 Å². The first kappa shape index (κ1) is 18.2. The first-order valence-electron chi connectivity index (χ1n) is 9.04. The Morgan fingerprint density at radius 3 is 2.42 bits per heavy atom. The van der Waals surface area contributed by atoms with Crippen LogP contribution >= 0.6 is 0 Å². The van der Waals surface area contributed by atoms with E-state index in [0.29, 0.717) is 37.6 Å². The molecule has 1 amide bonds. The number of amides is 1. The van der Waals surface area contributed by atoms with Crippen molar-refractivity contribution in [3.05, 3.63) is 58.9 Å². The highest BCUT2D eigenvalue weighted by Crippen LogP contribution is 2.34. The van der Waals surface area contributed by atoms with Crippen molar-refractivity contribution in [2.75, 3.05) is 19.8 Å². The van der Waals surface area contributed by atoms with Gasteiger partial charge >= 0.3 is 0 Å². The summed E-state index contributed by atoms with van der Waals surface area (Å²) in [5.74, 6) is 1.16. The lowest BCUT2D eigenvalue weighted by molar-refractivity contribution is -0.131. The number of fused-ring (bicyclic) bond motifs is 1. The summed E-state index contributed by atoms with van der Waals surface area (Å²) >= 11 is 0. The van der Waals surface area contributed by atoms with Crippen molar-refractivity contribution in [3.8, 4) is 11.5 Å². The third-order valence-electron chi connectivity index (χ3n) is 4.47. The van der Waals surface area contributed by atoms with Crippen molar-refractivity contribution in [2.45, 2.75) is 33.2 Å². The standard InChI is InChI=1S/C21H24FNO3/c1-3-25-19-12-16-8-9-23(14-17(16)13-20(19)26-4-2)21(24)11-15-6-5-7-18(22)10-15/h5-7,10,12-13H,3-4,8-9,11,14H2,1-2H3. The zero-order valence-electron chi connectivity index (χ0n) is 15.3. The molecule has 0 N–H and O–H groups in total. The van der Waals surface area contributed by atoms with Gasteiger partial charge in [0.05, 0.1) is 19.6 Å². The van der Waals surface area contributed by atoms with Crippen LogP contribution in [0.1, 0.15) is 30.5 Å². The molecule has 4 nitrogen and oxygen atoms in total. The fourth-order valence-corrected chi connectivity index (χ4v) is 3.25. The average molecular weight is 357 g/mol. The molecular formula is C21H24FNO3. The molecule has 0 aromatic heterocycles. The van der Waals surface area contributed by atoms with Crippen LogP contribution in [0.3, 0.4) is 0 Å². The number of carbonyl (C=O) groups excluding carboxylic acids is 1. The molecule has 0 radical (unpaired) electrons. The Labute approximate surface area is 153 Å². The molecule has 0 spiro atoms. The van der Waals surface area contributed by atoms with Crippen LogP contribution in [0.25, 0.3) is 0 Å². The molecule has 0 atom stereocenters. The summed E-state index contributed by atoms with van der Waals surface area (Å²) in [5, 5.41) is 0. The molecule has 0 aliphatic carbocycles. The Balaban J connectivity index is 1.75. The second-order valence-electron chi connectivity index (χ2n) is 6.31. The number of carbonyl (C=O) groups is 1. The van der Waals surface area contributed by atoms with Crippen LogP contribution in [-0.4, -0.2) is 30.6 Å². The van der Waals surface area contributed by atoms with E-state index in [1.54, 1.807) is 12.1 Å². The van der Waals surface area contributed by atoms with E-state index in [0.717, 1.165) is 17.7 Å². The molecule has 5 heteroatoms. The van der Waals surface area contributed by atoms with Gasteiger partial charge in [0.15, 0.2) is 11.5 Å². The zero-order valence-corrected chi connectivity index (χ0v) is 15.3. The summed E-state index contributed by atoms with van der Waals surface area (Å²) in [7, 11) is 0. The monoisotopic (exact) mass is 357 g/mol. The number of hydrogen-bond acceptors (Lipinski definition) is 3. The number of halogens is 1. The van der Waals surface area contributed by atoms with Crippen molar-refractivity contribution in [2.24, 2.45) is 0 Å². The van der Waals surface area contributed by atoms with E-state index in [-0.39, 0.29) is 18.1 Å². The molecule has 2 aromatic rings. The number of rotatable bonds is 6. The molecule has 3 rings (SSSR count). The van der Waals surface area contributed by atoms with Crippen LogP contribution < -0.4 is 9.47 Å². The average Bonchev–Trinajstić information content (AvgIpc) is 2.62. The largest absolute Gasteiger partial charge is 0.490 e. The second-order valence-corrected chi connectivity index (χ2v) is 6.31. The molecule has 1 aliphatic heterocycles. The Bertz CT molecular complexity index is 791. The predicted octanol–water partition coefficient (Wildman–Crippen LogP) is 3.75. The summed E-state index contributed by atoms with van der Waals surface area (Å²) in [6.45, 7) is 6.21. The maximum atomic E-state index is 13.3. The van der Waals surface area contributed by atoms with Gasteiger partial charge in [-0.2, -0.15) is 0 Å². The van der Waals surface area contributed by atoms with Crippen molar-refractivity contribution < 1.29 is 18.7 Å². The Morgan fingerprint density at radius 1 is 1.08 bits per heavy atom. The van der Waals surface area contributed by atoms with Gasteiger partial charge in [-0.1, -0.05) is 12.1 Å². The minimum Gasteiger partial charge on any atom is -0.490 e. The summed E-state index contributed by atoms with van der Waals surface area (Å²) < 4.78 is 24.7. The van der Waals surface area contributed by atoms with E-state index in [4.69, 9.17) is 9.47 Å². The lowest BCUT2D eigenvalue weighted by Crippen LogP contribution is -2.37. The first-order valence-corrected chi connectivity index (χ1v) is 9.04. The van der Waals surface area contributed by atoms with E-state index < -0.39 is 0 Å². The second kappa shape index (κ2) is 8.21. The summed E-state index contributed by atoms with van der Waals surface area (Å²) in [5.41, 5.74) is 2.96. The van der Waals surface area contributed by atoms with Gasteiger partial charge < -0.3 is 14.4 Å². The molecule has 0 saturated carbocycles. The summed E-state index contributed by atoms with van der Waals surface area (Å²) in [6.07, 6.45) is 0.985. The minimum absolute atomic E-state index is 0.00750. The van der Waals surface area contributed by atoms with Gasteiger partial charge in [-0.15, -0.1) is 0 Å². The van der Waals surface area contributed by atoms with Gasteiger partial charge in [0.2, 0.25) is 5.91 Å². The molecule has 0 saturated heterocycles. The van der Waals surface area contributed by atoms with Crippen LogP contribution in [-0.2, 0) is 24.2 Å². The molecular weight excluding hydrogens is 333 g/mol. The number of nitrogens with zero attached hydrogens (tertiary/aromatic N) is 1. The van der Waals surface area contributed by atoms with E-state index in [2.05, 4.69) is 0 Å². The van der Waals surface area contributed by atoms with E-state index in [1.165, 1.54) is 17.7 Å². The minimum atomic E-state index is -0.316. The highest BCUT2D eigenvalue weighted by molar-refractivity contribution is 5.79. The van der Waals surface area contributed by atoms with Crippen molar-refractivity contribution in [1.29, 1.82) is 0 Å². The Hall–Kier alpha value is -2.56. The lowest BCUT2D eigenvalue weighted by atomic mass is 9.98. The molecule has 138 valence electrons. The molecule has 0 fully saturated rings. The predicted molar refractivity (Wildman–Crippen MR) is 98.0 cm³/mol. The van der Waals surface area contributed by atoms with Gasteiger partial charge in [0.25, 0.3) is 0 Å². The summed E-state index contributed by atoms with van der Waals surface area (Å²) in [6, 6.07) is 10.2. The quantitative estimate of drug-likeness (QED) is 0.790. The van der Waals surface area contributed by atoms with Gasteiger partial charge in [0.1, 0.15) is 5.82 Å². The molecule has 0 unspecified atom stereocenters. The fourth-order valence-electron chi connectivity index (χ4n) is 3.25. The van der Waals surface area contributed by atoms with Crippen LogP contribution in [0.4, 0.5) is 4.39 Å². The van der Waals surface area contributed by atoms with E-state index in [1.807, 2.05) is 30.9 Å². The maximum absolute atomic E-state index is 13.3. The van der Waals surface area contributed by atoms with Gasteiger partial charge in [0, 0.05) is 13.1 Å². The molecule has 2 aromatic carbocycles. The van der Waals surface area contributed by atoms with Crippen LogP contribution in [0.5, 0.6) is 11.5 Å². The fraction of sp³-hybridized carbons (Fsp3) is 0.381. The van der Waals surface area contributed by atoms with E-state index >= 15 is 0 Å². The molecule has 1 aliphatic rings. The van der Waals surface area contributed by atoms with Gasteiger partial charge in [-0.05, 0) is 61.2 Å². The highest BCUT2D eigenvalue weighted by Gasteiger charge is 2.23. The number of ether oxygens (including phenoxy) is 2. The van der Waals surface area contributed by atoms with Crippen LogP contribution in [0.2, 0.25) is 0 Å². The SMILES string of the molecule is CCOc1cc2c(cc1OCC)CN(C(=O)Cc1cccc(F)c1)CC2. The third kappa shape index (κ3) is 4.15. The highest BCUT2D eigenvalue weighted by atomic mass is 19.1. The zero-order chi connectivity index (χ0) is 18.5. The molecule has 0 bridgehead atoms. The Morgan fingerprint density at radius 2 is 1.77 bits per heavy atom. The van der Waals surface area contributed by atoms with Gasteiger partial charge in [-0.3, -0.25) is 4.79 Å². The molecule has 26 heavy (non-hydrogen) atoms. The lowest BCUT2D eigenvalue weighted by Gasteiger charge is -2.30. The van der Waals surface area contributed by atoms with Crippen molar-refractivity contribution in [3.63, 3.8) is 0 Å². The van der Waals surface area contributed by atoms with Crippen molar-refractivity contribution >= 4 is 5.91 Å². The first-order chi connectivity index (χ1) is 12.6. The third-order valence-corrected chi connectivity index (χ3v) is 4.47. The number of hydrogen-bond donors (Lipinski definition) is 0. The molecule has 1 heterocycles. The number of benzene rings is 2.